The zero-order chi connectivity index (χ0) is 6.69. The number of rotatable bonds is 1. The average Bonchev–Trinajstić information content (AvgIpc) is 1.90. The molecule has 1 N–H and O–H groups in total. The van der Waals surface area contributed by atoms with Crippen LogP contribution in [-0.2, 0) is 4.79 Å². The van der Waals surface area contributed by atoms with Crippen molar-refractivity contribution >= 4 is 26.9 Å². The Morgan fingerprint density at radius 1 is 1.56 bits per heavy atom. The van der Waals surface area contributed by atoms with Gasteiger partial charge in [0.15, 0.2) is 0 Å². The Hall–Kier alpha value is -0.260. The van der Waals surface area contributed by atoms with Crippen LogP contribution in [0.1, 0.15) is 0 Å². The zero-order valence-electron chi connectivity index (χ0n) is 4.65. The molecule has 1 unspecified atom stereocenters. The van der Waals surface area contributed by atoms with Crippen LogP contribution in [-0.4, -0.2) is 32.0 Å². The van der Waals surface area contributed by atoms with Gasteiger partial charge < -0.3 is 0 Å². The van der Waals surface area contributed by atoms with E-state index in [2.05, 4.69) is 0 Å². The van der Waals surface area contributed by atoms with E-state index in [9.17, 15) is 4.79 Å². The fraction of sp³-hybridized carbons (Fsp3) is 0.167. The second kappa shape index (κ2) is 3.05. The van der Waals surface area contributed by atoms with Crippen LogP contribution in [0.2, 0.25) is 3.97 Å². The van der Waals surface area contributed by atoms with Gasteiger partial charge in [0.05, 0.1) is 0 Å². The summed E-state index contributed by atoms with van der Waals surface area (Å²) < 4.78 is 1.82. The van der Waals surface area contributed by atoms with E-state index in [-0.39, 0.29) is 3.97 Å². The molecule has 0 amide bonds. The van der Waals surface area contributed by atoms with Crippen molar-refractivity contribution in [3.8, 4) is 0 Å². The fourth-order valence-electron chi connectivity index (χ4n) is 0.526. The number of hydrogen-bond acceptors (Lipinski definition) is 1. The van der Waals surface area contributed by atoms with Crippen molar-refractivity contribution in [3.63, 3.8) is 0 Å². The summed E-state index contributed by atoms with van der Waals surface area (Å²) in [6, 6.07) is 0. The monoisotopic (exact) mass is 240 g/mol. The Labute approximate surface area is 63.3 Å². The zero-order valence-corrected chi connectivity index (χ0v) is 6.98. The predicted octanol–water partition coefficient (Wildman–Crippen LogP) is 0.647. The molecular formula is C6H6O2Te. The van der Waals surface area contributed by atoms with Crippen LogP contribution in [0.4, 0.5) is 0 Å². The van der Waals surface area contributed by atoms with Crippen molar-refractivity contribution in [1.29, 1.82) is 0 Å². The number of carbonyl (C=O) groups is 1. The van der Waals surface area contributed by atoms with Gasteiger partial charge in [-0.2, -0.15) is 0 Å². The van der Waals surface area contributed by atoms with Gasteiger partial charge in [0.1, 0.15) is 0 Å². The van der Waals surface area contributed by atoms with E-state index in [1.807, 2.05) is 10.2 Å². The number of carboxylic acid groups (broad SMARTS) is 1. The summed E-state index contributed by atoms with van der Waals surface area (Å²) in [6.45, 7) is 0. The third-order valence-corrected chi connectivity index (χ3v) is 3.70. The summed E-state index contributed by atoms with van der Waals surface area (Å²) in [7, 11) is 0. The van der Waals surface area contributed by atoms with Crippen molar-refractivity contribution in [3.05, 3.63) is 22.4 Å². The van der Waals surface area contributed by atoms with Gasteiger partial charge in [-0.15, -0.1) is 0 Å². The van der Waals surface area contributed by atoms with Crippen molar-refractivity contribution in [2.24, 2.45) is 0 Å². The topological polar surface area (TPSA) is 37.3 Å². The molecule has 1 heterocycles. The quantitative estimate of drug-likeness (QED) is 0.680. The molecule has 0 saturated carbocycles. The number of allylic oxidation sites excluding steroid dienone is 2. The van der Waals surface area contributed by atoms with Gasteiger partial charge in [0.25, 0.3) is 0 Å². The molecule has 0 spiro atoms. The fourth-order valence-corrected chi connectivity index (χ4v) is 2.38. The first-order chi connectivity index (χ1) is 4.30. The summed E-state index contributed by atoms with van der Waals surface area (Å²) >= 11 is -0.420. The van der Waals surface area contributed by atoms with Gasteiger partial charge in [0.2, 0.25) is 0 Å². The van der Waals surface area contributed by atoms with Crippen LogP contribution in [0, 0.1) is 0 Å². The Bertz CT molecular complexity index is 172. The summed E-state index contributed by atoms with van der Waals surface area (Å²) in [5.74, 6) is -0.682. The molecule has 0 aromatic carbocycles. The average molecular weight is 238 g/mol. The Morgan fingerprint density at radius 2 is 2.33 bits per heavy atom. The van der Waals surface area contributed by atoms with Crippen LogP contribution in [0.25, 0.3) is 0 Å². The second-order valence-electron chi connectivity index (χ2n) is 1.61. The minimum atomic E-state index is -0.682. The molecule has 0 aliphatic carbocycles. The van der Waals surface area contributed by atoms with Crippen molar-refractivity contribution in [2.75, 3.05) is 0 Å². The molecule has 0 aromatic heterocycles. The van der Waals surface area contributed by atoms with E-state index in [1.165, 1.54) is 0 Å². The summed E-state index contributed by atoms with van der Waals surface area (Å²) in [5, 5.41) is 8.49. The maximum absolute atomic E-state index is 10.3. The molecule has 1 aliphatic heterocycles. The summed E-state index contributed by atoms with van der Waals surface area (Å²) in [5.41, 5.74) is 0. The second-order valence-corrected chi connectivity index (χ2v) is 4.61. The summed E-state index contributed by atoms with van der Waals surface area (Å²) in [6.07, 6.45) is 5.47. The van der Waals surface area contributed by atoms with Crippen molar-refractivity contribution < 1.29 is 9.90 Å². The maximum atomic E-state index is 10.3. The van der Waals surface area contributed by atoms with Crippen molar-refractivity contribution in [2.45, 2.75) is 3.97 Å². The van der Waals surface area contributed by atoms with Gasteiger partial charge in [-0.25, -0.2) is 0 Å². The minimum absolute atomic E-state index is 0.166. The molecular weight excluding hydrogens is 232 g/mol. The van der Waals surface area contributed by atoms with Gasteiger partial charge in [-0.3, -0.25) is 0 Å². The van der Waals surface area contributed by atoms with E-state index in [0.717, 1.165) is 0 Å². The third kappa shape index (κ3) is 1.85. The molecule has 48 valence electrons. The van der Waals surface area contributed by atoms with Gasteiger partial charge >= 0.3 is 63.1 Å². The molecule has 1 rings (SSSR count). The molecule has 0 aromatic rings. The Balaban J connectivity index is 2.56. The molecule has 9 heavy (non-hydrogen) atoms. The molecule has 0 radical (unpaired) electrons. The third-order valence-electron chi connectivity index (χ3n) is 0.944. The van der Waals surface area contributed by atoms with E-state index in [0.29, 0.717) is 0 Å². The van der Waals surface area contributed by atoms with Gasteiger partial charge in [-0.05, 0) is 0 Å². The number of carboxylic acids is 1. The molecule has 1 atom stereocenters. The van der Waals surface area contributed by atoms with Crippen LogP contribution in [0.5, 0.6) is 0 Å². The number of hydrogen-bond donors (Lipinski definition) is 1. The van der Waals surface area contributed by atoms with Crippen LogP contribution in [0.3, 0.4) is 0 Å². The first-order valence-corrected chi connectivity index (χ1v) is 5.21. The number of aliphatic carboxylic acids is 1. The first-order valence-electron chi connectivity index (χ1n) is 2.52. The Kier molecular flexibility index (Phi) is 2.32. The standard InChI is InChI=1S/C6H6O2Te/c7-6(8)5-3-1-2-4-9-5/h1-5H,(H,7,8). The molecule has 0 fully saturated rings. The van der Waals surface area contributed by atoms with Crippen LogP contribution in [0.15, 0.2) is 22.4 Å². The van der Waals surface area contributed by atoms with E-state index in [1.54, 1.807) is 12.2 Å². The van der Waals surface area contributed by atoms with Crippen molar-refractivity contribution in [1.82, 2.24) is 0 Å². The molecule has 0 bridgehead atoms. The first kappa shape index (κ1) is 6.85. The molecule has 2 nitrogen and oxygen atoms in total. The van der Waals surface area contributed by atoms with Gasteiger partial charge in [-0.1, -0.05) is 0 Å². The van der Waals surface area contributed by atoms with E-state index in [4.69, 9.17) is 5.11 Å². The molecule has 3 heteroatoms. The van der Waals surface area contributed by atoms with Gasteiger partial charge in [0, 0.05) is 0 Å². The molecule has 1 aliphatic rings. The molecule has 0 saturated heterocycles. The normalized spacial score (nSPS) is 24.2. The van der Waals surface area contributed by atoms with E-state index >= 15 is 0 Å². The van der Waals surface area contributed by atoms with E-state index < -0.39 is 26.9 Å². The predicted molar refractivity (Wildman–Crippen MR) is 35.4 cm³/mol. The van der Waals surface area contributed by atoms with Crippen LogP contribution >= 0.6 is 0 Å². The van der Waals surface area contributed by atoms with Crippen LogP contribution < -0.4 is 0 Å². The summed E-state index contributed by atoms with van der Waals surface area (Å²) in [4.78, 5) is 10.3. The SMILES string of the molecule is O=C(O)C1C=CC=C[Te]1. The Morgan fingerprint density at radius 3 is 2.67 bits per heavy atom.